The first-order chi connectivity index (χ1) is 15.5. The van der Waals surface area contributed by atoms with Crippen LogP contribution in [0.3, 0.4) is 0 Å². The molecule has 0 saturated carbocycles. The Balaban J connectivity index is 1.62. The summed E-state index contributed by atoms with van der Waals surface area (Å²) in [5, 5.41) is 2.89. The molecule has 0 spiro atoms. The smallest absolute Gasteiger partial charge is 0.293 e. The van der Waals surface area contributed by atoms with Crippen LogP contribution in [0.4, 0.5) is 11.4 Å². The molecule has 8 heteroatoms. The molecule has 1 aliphatic rings. The van der Waals surface area contributed by atoms with Gasteiger partial charge in [0.05, 0.1) is 27.6 Å². The van der Waals surface area contributed by atoms with Gasteiger partial charge in [-0.2, -0.15) is 0 Å². The Bertz CT molecular complexity index is 1110. The number of amides is 2. The topological polar surface area (TPSA) is 90.2 Å². The summed E-state index contributed by atoms with van der Waals surface area (Å²) < 4.78 is 21.3. The number of carbonyl (C=O) groups excluding carboxylic acids is 2. The lowest BCUT2D eigenvalue weighted by molar-refractivity contribution is 0.0958. The summed E-state index contributed by atoms with van der Waals surface area (Å²) in [6, 6.07) is 12.1. The Hall–Kier alpha value is -3.94. The van der Waals surface area contributed by atoms with E-state index >= 15 is 0 Å². The average molecular weight is 436 g/mol. The van der Waals surface area contributed by atoms with Crippen LogP contribution >= 0.6 is 0 Å². The standard InChI is InChI=1S/C24H24N2O6/c1-29-20-12-16(13-21(30-2)22(20)31-3)23(27)25-17-9-8-15-6-4-10-26(18(15)14-17)24(28)19-7-5-11-32-19/h5,7-9,11-14H,4,6,10H2,1-3H3,(H,25,27). The van der Waals surface area contributed by atoms with Crippen LogP contribution in [0.25, 0.3) is 0 Å². The quantitative estimate of drug-likeness (QED) is 0.624. The first-order valence-electron chi connectivity index (χ1n) is 10.2. The Morgan fingerprint density at radius 3 is 2.38 bits per heavy atom. The minimum Gasteiger partial charge on any atom is -0.493 e. The number of methoxy groups -OCH3 is 3. The van der Waals surface area contributed by atoms with Crippen LogP contribution in [0, 0.1) is 0 Å². The van der Waals surface area contributed by atoms with Crippen molar-refractivity contribution in [2.24, 2.45) is 0 Å². The number of anilines is 2. The fraction of sp³-hybridized carbons (Fsp3) is 0.250. The molecule has 0 saturated heterocycles. The summed E-state index contributed by atoms with van der Waals surface area (Å²) in [5.74, 6) is 0.917. The molecule has 3 aromatic rings. The molecule has 166 valence electrons. The van der Waals surface area contributed by atoms with Gasteiger partial charge in [-0.3, -0.25) is 9.59 Å². The number of aryl methyl sites for hydroxylation is 1. The van der Waals surface area contributed by atoms with E-state index in [9.17, 15) is 9.59 Å². The van der Waals surface area contributed by atoms with Crippen molar-refractivity contribution in [3.63, 3.8) is 0 Å². The zero-order valence-corrected chi connectivity index (χ0v) is 18.1. The van der Waals surface area contributed by atoms with Gasteiger partial charge in [0.15, 0.2) is 17.3 Å². The molecule has 0 radical (unpaired) electrons. The molecule has 1 aromatic heterocycles. The molecule has 0 aliphatic carbocycles. The van der Waals surface area contributed by atoms with E-state index in [1.807, 2.05) is 18.2 Å². The molecule has 0 bridgehead atoms. The summed E-state index contributed by atoms with van der Waals surface area (Å²) >= 11 is 0. The summed E-state index contributed by atoms with van der Waals surface area (Å²) in [6.45, 7) is 0.580. The molecule has 0 fully saturated rings. The van der Waals surface area contributed by atoms with Gasteiger partial charge in [-0.25, -0.2) is 0 Å². The van der Waals surface area contributed by atoms with E-state index in [-0.39, 0.29) is 17.6 Å². The molecule has 0 unspecified atom stereocenters. The van der Waals surface area contributed by atoms with Gasteiger partial charge in [-0.1, -0.05) is 6.07 Å². The molecule has 2 heterocycles. The monoisotopic (exact) mass is 436 g/mol. The van der Waals surface area contributed by atoms with Crippen molar-refractivity contribution in [2.45, 2.75) is 12.8 Å². The van der Waals surface area contributed by atoms with E-state index in [1.165, 1.54) is 27.6 Å². The van der Waals surface area contributed by atoms with E-state index < -0.39 is 0 Å². The number of furan rings is 1. The molecule has 32 heavy (non-hydrogen) atoms. The van der Waals surface area contributed by atoms with Gasteiger partial charge in [0.2, 0.25) is 5.75 Å². The maximum absolute atomic E-state index is 13.0. The molecular formula is C24H24N2O6. The van der Waals surface area contributed by atoms with Crippen LogP contribution in [0.1, 0.15) is 32.9 Å². The summed E-state index contributed by atoms with van der Waals surface area (Å²) in [7, 11) is 4.49. The van der Waals surface area contributed by atoms with Gasteiger partial charge in [0, 0.05) is 23.5 Å². The van der Waals surface area contributed by atoms with Crippen LogP contribution < -0.4 is 24.4 Å². The lowest BCUT2D eigenvalue weighted by Crippen LogP contribution is -2.35. The van der Waals surface area contributed by atoms with Gasteiger partial charge >= 0.3 is 0 Å². The van der Waals surface area contributed by atoms with Crippen LogP contribution in [0.15, 0.2) is 53.1 Å². The largest absolute Gasteiger partial charge is 0.493 e. The van der Waals surface area contributed by atoms with E-state index in [0.717, 1.165) is 24.1 Å². The first-order valence-corrected chi connectivity index (χ1v) is 10.2. The van der Waals surface area contributed by atoms with Crippen molar-refractivity contribution in [3.8, 4) is 17.2 Å². The van der Waals surface area contributed by atoms with Gasteiger partial charge in [-0.05, 0) is 54.8 Å². The number of rotatable bonds is 6. The highest BCUT2D eigenvalue weighted by Gasteiger charge is 2.26. The Kier molecular flexibility index (Phi) is 6.02. The van der Waals surface area contributed by atoms with Gasteiger partial charge in [0.1, 0.15) is 0 Å². The third-order valence-corrected chi connectivity index (χ3v) is 5.37. The summed E-state index contributed by atoms with van der Waals surface area (Å²) in [5.41, 5.74) is 2.73. The zero-order valence-electron chi connectivity index (χ0n) is 18.1. The lowest BCUT2D eigenvalue weighted by Gasteiger charge is -2.29. The van der Waals surface area contributed by atoms with E-state index in [0.29, 0.717) is 35.0 Å². The normalized spacial score (nSPS) is 12.7. The third kappa shape index (κ3) is 3.99. The number of hydrogen-bond donors (Lipinski definition) is 1. The number of nitrogens with zero attached hydrogens (tertiary/aromatic N) is 1. The van der Waals surface area contributed by atoms with E-state index in [4.69, 9.17) is 18.6 Å². The maximum Gasteiger partial charge on any atom is 0.293 e. The molecule has 2 aromatic carbocycles. The van der Waals surface area contributed by atoms with E-state index in [2.05, 4.69) is 5.32 Å². The van der Waals surface area contributed by atoms with Crippen molar-refractivity contribution >= 4 is 23.2 Å². The zero-order chi connectivity index (χ0) is 22.7. The number of carbonyl (C=O) groups is 2. The van der Waals surface area contributed by atoms with Gasteiger partial charge in [0.25, 0.3) is 11.8 Å². The second kappa shape index (κ2) is 9.05. The molecule has 1 N–H and O–H groups in total. The van der Waals surface area contributed by atoms with Gasteiger partial charge in [-0.15, -0.1) is 0 Å². The number of fused-ring (bicyclic) bond motifs is 1. The number of benzene rings is 2. The molecule has 2 amide bonds. The number of hydrogen-bond acceptors (Lipinski definition) is 6. The van der Waals surface area contributed by atoms with Crippen LogP contribution in [-0.2, 0) is 6.42 Å². The van der Waals surface area contributed by atoms with Crippen LogP contribution in [0.2, 0.25) is 0 Å². The van der Waals surface area contributed by atoms with Crippen molar-refractivity contribution in [1.82, 2.24) is 0 Å². The summed E-state index contributed by atoms with van der Waals surface area (Å²) in [4.78, 5) is 27.5. The minimum atomic E-state index is -0.344. The third-order valence-electron chi connectivity index (χ3n) is 5.37. The first kappa shape index (κ1) is 21.3. The Morgan fingerprint density at radius 2 is 1.75 bits per heavy atom. The van der Waals surface area contributed by atoms with E-state index in [1.54, 1.807) is 29.2 Å². The molecular weight excluding hydrogens is 412 g/mol. The van der Waals surface area contributed by atoms with Crippen LogP contribution in [0.5, 0.6) is 17.2 Å². The average Bonchev–Trinajstić information content (AvgIpc) is 3.37. The molecule has 0 atom stereocenters. The Labute approximate surface area is 185 Å². The lowest BCUT2D eigenvalue weighted by atomic mass is 10.0. The maximum atomic E-state index is 13.0. The Morgan fingerprint density at radius 1 is 1.00 bits per heavy atom. The predicted octanol–water partition coefficient (Wildman–Crippen LogP) is 4.15. The van der Waals surface area contributed by atoms with Crippen molar-refractivity contribution in [2.75, 3.05) is 38.1 Å². The van der Waals surface area contributed by atoms with Crippen molar-refractivity contribution in [3.05, 3.63) is 65.6 Å². The summed E-state index contributed by atoms with van der Waals surface area (Å²) in [6.07, 6.45) is 3.20. The highest BCUT2D eigenvalue weighted by molar-refractivity contribution is 6.07. The fourth-order valence-electron chi connectivity index (χ4n) is 3.81. The highest BCUT2D eigenvalue weighted by atomic mass is 16.5. The SMILES string of the molecule is COc1cc(C(=O)Nc2ccc3c(c2)N(C(=O)c2ccco2)CCC3)cc(OC)c1OC. The van der Waals surface area contributed by atoms with Crippen LogP contribution in [-0.4, -0.2) is 39.7 Å². The minimum absolute atomic E-state index is 0.205. The number of ether oxygens (including phenoxy) is 3. The molecule has 1 aliphatic heterocycles. The highest BCUT2D eigenvalue weighted by Crippen LogP contribution is 2.38. The van der Waals surface area contributed by atoms with Gasteiger partial charge < -0.3 is 28.8 Å². The van der Waals surface area contributed by atoms with Crippen molar-refractivity contribution < 1.29 is 28.2 Å². The number of nitrogens with one attached hydrogen (secondary N) is 1. The second-order valence-electron chi connectivity index (χ2n) is 7.25. The predicted molar refractivity (Wildman–Crippen MR) is 119 cm³/mol. The molecule has 4 rings (SSSR count). The fourth-order valence-corrected chi connectivity index (χ4v) is 3.81. The van der Waals surface area contributed by atoms with Crippen molar-refractivity contribution in [1.29, 1.82) is 0 Å². The molecule has 8 nitrogen and oxygen atoms in total. The second-order valence-corrected chi connectivity index (χ2v) is 7.25.